The molecule has 0 aromatic heterocycles. The second-order valence-electron chi connectivity index (χ2n) is 5.98. The number of carbonyl (C=O) groups is 1. The summed E-state index contributed by atoms with van der Waals surface area (Å²) in [6.45, 7) is 0. The number of benzene rings is 3. The Labute approximate surface area is 162 Å². The Bertz CT molecular complexity index is 943. The minimum absolute atomic E-state index is 0.577. The van der Waals surface area contributed by atoms with Gasteiger partial charge in [-0.3, -0.25) is 0 Å². The molecular weight excluding hydrogens is 362 g/mol. The fraction of sp³-hybridized carbons (Fsp3) is 0.190. The van der Waals surface area contributed by atoms with E-state index in [1.54, 1.807) is 19.2 Å². The molecule has 0 aliphatic rings. The van der Waals surface area contributed by atoms with Crippen molar-refractivity contribution in [3.05, 3.63) is 66.2 Å². The third-order valence-corrected chi connectivity index (χ3v) is 5.75. The summed E-state index contributed by atoms with van der Waals surface area (Å²) in [5.41, 5.74) is 7.75. The van der Waals surface area contributed by atoms with Gasteiger partial charge in [-0.25, -0.2) is 4.79 Å². The van der Waals surface area contributed by atoms with E-state index in [4.69, 9.17) is 15.2 Å². The van der Waals surface area contributed by atoms with Crippen molar-refractivity contribution in [3.63, 3.8) is 0 Å². The van der Waals surface area contributed by atoms with Gasteiger partial charge in [0.1, 0.15) is 5.75 Å². The van der Waals surface area contributed by atoms with Gasteiger partial charge >= 0.3 is 5.97 Å². The minimum Gasteiger partial charge on any atom is -0.497 e. The number of hydrogen-bond donors (Lipinski definition) is 2. The second kappa shape index (κ2) is 8.33. The SMILES string of the molecule is COC(=O)C(O)C(Sc1ccc2ccccc2c1N)c1ccc(OC)cc1. The zero-order chi connectivity index (χ0) is 19.4. The third kappa shape index (κ3) is 4.02. The first kappa shape index (κ1) is 19.1. The van der Waals surface area contributed by atoms with Gasteiger partial charge < -0.3 is 20.3 Å². The van der Waals surface area contributed by atoms with Crippen LogP contribution in [0.4, 0.5) is 5.69 Å². The maximum atomic E-state index is 12.0. The number of nitrogens with two attached hydrogens (primary N) is 1. The van der Waals surface area contributed by atoms with Crippen LogP contribution in [0.5, 0.6) is 5.75 Å². The number of methoxy groups -OCH3 is 2. The number of ether oxygens (including phenoxy) is 2. The molecule has 3 N–H and O–H groups in total. The lowest BCUT2D eigenvalue weighted by molar-refractivity contribution is -0.150. The maximum absolute atomic E-state index is 12.0. The number of nitrogen functional groups attached to an aromatic ring is 1. The van der Waals surface area contributed by atoms with Gasteiger partial charge in [-0.05, 0) is 29.1 Å². The Morgan fingerprint density at radius 2 is 1.74 bits per heavy atom. The molecule has 140 valence electrons. The summed E-state index contributed by atoms with van der Waals surface area (Å²) in [5.74, 6) is 0.00274. The van der Waals surface area contributed by atoms with E-state index in [0.717, 1.165) is 21.2 Å². The molecule has 0 saturated carbocycles. The van der Waals surface area contributed by atoms with Crippen LogP contribution >= 0.6 is 11.8 Å². The van der Waals surface area contributed by atoms with E-state index < -0.39 is 17.3 Å². The van der Waals surface area contributed by atoms with E-state index in [1.807, 2.05) is 48.5 Å². The van der Waals surface area contributed by atoms with Crippen molar-refractivity contribution in [2.75, 3.05) is 20.0 Å². The molecule has 2 atom stereocenters. The molecule has 3 aromatic carbocycles. The van der Waals surface area contributed by atoms with Crippen LogP contribution in [0.25, 0.3) is 10.8 Å². The lowest BCUT2D eigenvalue weighted by atomic mass is 10.1. The van der Waals surface area contributed by atoms with Crippen molar-refractivity contribution in [1.29, 1.82) is 0 Å². The fourth-order valence-corrected chi connectivity index (χ4v) is 4.06. The molecule has 0 aliphatic heterocycles. The van der Waals surface area contributed by atoms with Crippen LogP contribution in [-0.4, -0.2) is 31.4 Å². The topological polar surface area (TPSA) is 81.8 Å². The summed E-state index contributed by atoms with van der Waals surface area (Å²) < 4.78 is 9.92. The number of thioether (sulfide) groups is 1. The summed E-state index contributed by atoms with van der Waals surface area (Å²) in [4.78, 5) is 12.8. The predicted octanol–water partition coefficient (Wildman–Crippen LogP) is 3.80. The summed E-state index contributed by atoms with van der Waals surface area (Å²) in [5, 5.41) is 11.9. The molecule has 0 spiro atoms. The van der Waals surface area contributed by atoms with Gasteiger partial charge in [0, 0.05) is 10.3 Å². The molecule has 0 amide bonds. The smallest absolute Gasteiger partial charge is 0.336 e. The van der Waals surface area contributed by atoms with Crippen molar-refractivity contribution in [1.82, 2.24) is 0 Å². The van der Waals surface area contributed by atoms with Gasteiger partial charge in [-0.15, -0.1) is 11.8 Å². The molecule has 3 rings (SSSR count). The zero-order valence-corrected chi connectivity index (χ0v) is 15.9. The zero-order valence-electron chi connectivity index (χ0n) is 15.1. The molecule has 0 heterocycles. The summed E-state index contributed by atoms with van der Waals surface area (Å²) in [6.07, 6.45) is -1.33. The molecule has 3 aromatic rings. The number of rotatable bonds is 6. The average molecular weight is 383 g/mol. The molecule has 0 saturated heterocycles. The predicted molar refractivity (Wildman–Crippen MR) is 108 cm³/mol. The van der Waals surface area contributed by atoms with Gasteiger partial charge in [0.2, 0.25) is 0 Å². The van der Waals surface area contributed by atoms with Crippen LogP contribution in [0.3, 0.4) is 0 Å². The Morgan fingerprint density at radius 3 is 2.41 bits per heavy atom. The number of fused-ring (bicyclic) bond motifs is 1. The van der Waals surface area contributed by atoms with E-state index in [0.29, 0.717) is 11.4 Å². The molecule has 5 nitrogen and oxygen atoms in total. The quantitative estimate of drug-likeness (QED) is 0.383. The highest BCUT2D eigenvalue weighted by molar-refractivity contribution is 7.99. The third-order valence-electron chi connectivity index (χ3n) is 4.36. The molecule has 0 bridgehead atoms. The van der Waals surface area contributed by atoms with E-state index in [9.17, 15) is 9.90 Å². The lowest BCUT2D eigenvalue weighted by Crippen LogP contribution is -2.27. The number of anilines is 1. The number of carbonyl (C=O) groups excluding carboxylic acids is 1. The molecule has 0 aliphatic carbocycles. The standard InChI is InChI=1S/C21H21NO4S/c1-25-15-10-7-14(8-11-15)20(19(23)21(24)26-2)27-17-12-9-13-5-3-4-6-16(13)18(17)22/h3-12,19-20,23H,22H2,1-2H3. The fourth-order valence-electron chi connectivity index (χ4n) is 2.87. The molecule has 0 radical (unpaired) electrons. The summed E-state index contributed by atoms with van der Waals surface area (Å²) >= 11 is 1.33. The average Bonchev–Trinajstić information content (AvgIpc) is 2.72. The Hall–Kier alpha value is -2.70. The first-order valence-corrected chi connectivity index (χ1v) is 9.27. The van der Waals surface area contributed by atoms with Crippen LogP contribution in [0.2, 0.25) is 0 Å². The molecule has 27 heavy (non-hydrogen) atoms. The molecular formula is C21H21NO4S. The number of hydrogen-bond acceptors (Lipinski definition) is 6. The Balaban J connectivity index is 2.00. The highest BCUT2D eigenvalue weighted by Gasteiger charge is 2.30. The molecule has 2 unspecified atom stereocenters. The van der Waals surface area contributed by atoms with Gasteiger partial charge in [0.05, 0.1) is 25.2 Å². The number of esters is 1. The number of aliphatic hydroxyl groups excluding tert-OH is 1. The van der Waals surface area contributed by atoms with Gasteiger partial charge in [-0.1, -0.05) is 42.5 Å². The number of aliphatic hydroxyl groups is 1. The summed E-state index contributed by atoms with van der Waals surface area (Å²) in [6, 6.07) is 18.9. The highest BCUT2D eigenvalue weighted by Crippen LogP contribution is 2.43. The molecule has 6 heteroatoms. The van der Waals surface area contributed by atoms with Crippen molar-refractivity contribution < 1.29 is 19.4 Å². The largest absolute Gasteiger partial charge is 0.497 e. The lowest BCUT2D eigenvalue weighted by Gasteiger charge is -2.22. The van der Waals surface area contributed by atoms with Gasteiger partial charge in [0.15, 0.2) is 6.10 Å². The van der Waals surface area contributed by atoms with Crippen molar-refractivity contribution in [3.8, 4) is 5.75 Å². The summed E-state index contributed by atoms with van der Waals surface area (Å²) in [7, 11) is 2.84. The van der Waals surface area contributed by atoms with Crippen LogP contribution in [0.15, 0.2) is 65.6 Å². The van der Waals surface area contributed by atoms with Crippen molar-refractivity contribution in [2.24, 2.45) is 0 Å². The van der Waals surface area contributed by atoms with Crippen molar-refractivity contribution in [2.45, 2.75) is 16.2 Å². The maximum Gasteiger partial charge on any atom is 0.336 e. The Morgan fingerprint density at radius 1 is 1.04 bits per heavy atom. The first-order valence-electron chi connectivity index (χ1n) is 8.39. The van der Waals surface area contributed by atoms with Crippen molar-refractivity contribution >= 4 is 34.2 Å². The van der Waals surface area contributed by atoms with Gasteiger partial charge in [-0.2, -0.15) is 0 Å². The second-order valence-corrected chi connectivity index (χ2v) is 7.16. The van der Waals surface area contributed by atoms with E-state index in [-0.39, 0.29) is 0 Å². The highest BCUT2D eigenvalue weighted by atomic mass is 32.2. The van der Waals surface area contributed by atoms with Crippen LogP contribution in [-0.2, 0) is 9.53 Å². The first-order chi connectivity index (χ1) is 13.0. The van der Waals surface area contributed by atoms with Gasteiger partial charge in [0.25, 0.3) is 0 Å². The molecule has 0 fully saturated rings. The minimum atomic E-state index is -1.33. The Kier molecular flexibility index (Phi) is 5.88. The van der Waals surface area contributed by atoms with E-state index in [1.165, 1.54) is 18.9 Å². The monoisotopic (exact) mass is 383 g/mol. The normalized spacial score (nSPS) is 13.1. The van der Waals surface area contributed by atoms with Crippen LogP contribution in [0.1, 0.15) is 10.8 Å². The van der Waals surface area contributed by atoms with Crippen LogP contribution < -0.4 is 10.5 Å². The van der Waals surface area contributed by atoms with E-state index >= 15 is 0 Å². The van der Waals surface area contributed by atoms with E-state index in [2.05, 4.69) is 0 Å². The van der Waals surface area contributed by atoms with Crippen LogP contribution in [0, 0.1) is 0 Å².